The van der Waals surface area contributed by atoms with Gasteiger partial charge < -0.3 is 10.4 Å². The molecule has 0 aliphatic rings. The summed E-state index contributed by atoms with van der Waals surface area (Å²) < 4.78 is 1.53. The fourth-order valence-electron chi connectivity index (χ4n) is 1.62. The molecule has 102 valence electrons. The molecular weight excluding hydrogens is 264 g/mol. The van der Waals surface area contributed by atoms with Gasteiger partial charge in [0.05, 0.1) is 12.7 Å². The third kappa shape index (κ3) is 3.87. The second-order valence-electron chi connectivity index (χ2n) is 4.07. The van der Waals surface area contributed by atoms with Crippen LogP contribution in [0.3, 0.4) is 0 Å². The quantitative estimate of drug-likeness (QED) is 0.749. The van der Waals surface area contributed by atoms with E-state index < -0.39 is 5.97 Å². The summed E-state index contributed by atoms with van der Waals surface area (Å²) in [5, 5.41) is 19.3. The van der Waals surface area contributed by atoms with Crippen LogP contribution in [0.2, 0.25) is 0 Å². The summed E-state index contributed by atoms with van der Waals surface area (Å²) in [7, 11) is 0. The molecule has 0 atom stereocenters. The van der Waals surface area contributed by atoms with Crippen LogP contribution in [0.1, 0.15) is 27.2 Å². The maximum Gasteiger partial charge on any atom is 0.358 e. The lowest BCUT2D eigenvalue weighted by atomic mass is 10.3. The lowest BCUT2D eigenvalue weighted by Gasteiger charge is -2.02. The highest BCUT2D eigenvalue weighted by molar-refractivity contribution is 7.11. The topological polar surface area (TPSA) is 80.0 Å². The predicted molar refractivity (Wildman–Crippen MR) is 72.4 cm³/mol. The molecule has 2 aromatic heterocycles. The van der Waals surface area contributed by atoms with Gasteiger partial charge in [0.15, 0.2) is 5.69 Å². The molecule has 7 heteroatoms. The molecule has 0 amide bonds. The second-order valence-corrected chi connectivity index (χ2v) is 5.32. The summed E-state index contributed by atoms with van der Waals surface area (Å²) in [6.07, 6.45) is 2.51. The SMILES string of the molecule is CCc1ccc(CNCCn2cc(C(=O)O)nn2)s1. The number of hydrogen-bond donors (Lipinski definition) is 2. The Kier molecular flexibility index (Phi) is 4.64. The van der Waals surface area contributed by atoms with E-state index in [4.69, 9.17) is 5.11 Å². The number of rotatable bonds is 7. The first-order valence-corrected chi connectivity index (χ1v) is 6.92. The maximum absolute atomic E-state index is 10.6. The van der Waals surface area contributed by atoms with E-state index in [2.05, 4.69) is 34.7 Å². The van der Waals surface area contributed by atoms with E-state index in [0.29, 0.717) is 6.54 Å². The minimum atomic E-state index is -1.05. The van der Waals surface area contributed by atoms with Crippen molar-refractivity contribution in [2.24, 2.45) is 0 Å². The first kappa shape index (κ1) is 13.7. The third-order valence-electron chi connectivity index (χ3n) is 2.64. The smallest absolute Gasteiger partial charge is 0.358 e. The summed E-state index contributed by atoms with van der Waals surface area (Å²) in [4.78, 5) is 13.3. The van der Waals surface area contributed by atoms with E-state index in [0.717, 1.165) is 19.5 Å². The maximum atomic E-state index is 10.6. The van der Waals surface area contributed by atoms with Crippen LogP contribution in [-0.2, 0) is 19.5 Å². The average Bonchev–Trinajstić information content (AvgIpc) is 3.03. The van der Waals surface area contributed by atoms with Crippen molar-refractivity contribution in [1.82, 2.24) is 20.3 Å². The van der Waals surface area contributed by atoms with Gasteiger partial charge in [-0.3, -0.25) is 4.68 Å². The number of carboxylic acids is 1. The number of carbonyl (C=O) groups is 1. The standard InChI is InChI=1S/C12H16N4O2S/c1-2-9-3-4-10(19-9)7-13-5-6-16-8-11(12(17)18)14-15-16/h3-4,8,13H,2,5-7H2,1H3,(H,17,18). The van der Waals surface area contributed by atoms with Crippen molar-refractivity contribution >= 4 is 17.3 Å². The fourth-order valence-corrected chi connectivity index (χ4v) is 2.55. The van der Waals surface area contributed by atoms with Crippen LogP contribution >= 0.6 is 11.3 Å². The Bertz CT molecular complexity index is 549. The van der Waals surface area contributed by atoms with Crippen molar-refractivity contribution in [2.75, 3.05) is 6.54 Å². The number of hydrogen-bond acceptors (Lipinski definition) is 5. The molecule has 0 saturated carbocycles. The predicted octanol–water partition coefficient (Wildman–Crippen LogP) is 1.39. The zero-order chi connectivity index (χ0) is 13.7. The van der Waals surface area contributed by atoms with Gasteiger partial charge in [0, 0.05) is 22.8 Å². The molecule has 19 heavy (non-hydrogen) atoms. The Balaban J connectivity index is 1.72. The number of carboxylic acid groups (broad SMARTS) is 1. The summed E-state index contributed by atoms with van der Waals surface area (Å²) in [6.45, 7) is 4.30. The van der Waals surface area contributed by atoms with Gasteiger partial charge in [-0.15, -0.1) is 16.4 Å². The fraction of sp³-hybridized carbons (Fsp3) is 0.417. The summed E-state index contributed by atoms with van der Waals surface area (Å²) >= 11 is 1.81. The minimum absolute atomic E-state index is 0.0224. The van der Waals surface area contributed by atoms with Gasteiger partial charge in [0.25, 0.3) is 0 Å². The largest absolute Gasteiger partial charge is 0.476 e. The zero-order valence-electron chi connectivity index (χ0n) is 10.7. The van der Waals surface area contributed by atoms with Crippen molar-refractivity contribution in [2.45, 2.75) is 26.4 Å². The second kappa shape index (κ2) is 6.44. The molecule has 2 rings (SSSR count). The number of nitrogens with zero attached hydrogens (tertiary/aromatic N) is 3. The van der Waals surface area contributed by atoms with Gasteiger partial charge in [0.2, 0.25) is 0 Å². The van der Waals surface area contributed by atoms with Crippen LogP contribution in [0.4, 0.5) is 0 Å². The normalized spacial score (nSPS) is 10.8. The van der Waals surface area contributed by atoms with Crippen molar-refractivity contribution in [3.8, 4) is 0 Å². The minimum Gasteiger partial charge on any atom is -0.476 e. The van der Waals surface area contributed by atoms with E-state index in [1.807, 2.05) is 11.3 Å². The molecule has 0 aliphatic carbocycles. The van der Waals surface area contributed by atoms with E-state index in [1.54, 1.807) is 0 Å². The molecule has 0 aliphatic heterocycles. The van der Waals surface area contributed by atoms with E-state index in [-0.39, 0.29) is 5.69 Å². The molecule has 0 bridgehead atoms. The molecule has 6 nitrogen and oxygen atoms in total. The van der Waals surface area contributed by atoms with E-state index in [9.17, 15) is 4.79 Å². The molecule has 0 fully saturated rings. The number of thiophene rings is 1. The Morgan fingerprint density at radius 2 is 2.26 bits per heavy atom. The lowest BCUT2D eigenvalue weighted by Crippen LogP contribution is -2.19. The number of aromatic nitrogens is 3. The number of aryl methyl sites for hydroxylation is 1. The molecule has 2 N–H and O–H groups in total. The van der Waals surface area contributed by atoms with Crippen LogP contribution < -0.4 is 5.32 Å². The van der Waals surface area contributed by atoms with Gasteiger partial charge in [-0.1, -0.05) is 12.1 Å². The zero-order valence-corrected chi connectivity index (χ0v) is 11.5. The van der Waals surface area contributed by atoms with Gasteiger partial charge in [-0.25, -0.2) is 4.79 Å². The van der Waals surface area contributed by atoms with Gasteiger partial charge in [0.1, 0.15) is 0 Å². The van der Waals surface area contributed by atoms with Crippen molar-refractivity contribution in [3.63, 3.8) is 0 Å². The third-order valence-corrected chi connectivity index (χ3v) is 3.87. The van der Waals surface area contributed by atoms with Crippen molar-refractivity contribution < 1.29 is 9.90 Å². The number of aromatic carboxylic acids is 1. The lowest BCUT2D eigenvalue weighted by molar-refractivity contribution is 0.0690. The Hall–Kier alpha value is -1.73. The molecule has 2 aromatic rings. The highest BCUT2D eigenvalue weighted by atomic mass is 32.1. The first-order chi connectivity index (χ1) is 9.19. The van der Waals surface area contributed by atoms with Gasteiger partial charge in [-0.2, -0.15) is 0 Å². The van der Waals surface area contributed by atoms with Crippen molar-refractivity contribution in [3.05, 3.63) is 33.8 Å². The van der Waals surface area contributed by atoms with Crippen molar-refractivity contribution in [1.29, 1.82) is 0 Å². The summed E-state index contributed by atoms with van der Waals surface area (Å²) in [6, 6.07) is 4.28. The Morgan fingerprint density at radius 1 is 1.47 bits per heavy atom. The Labute approximate surface area is 115 Å². The summed E-state index contributed by atoms with van der Waals surface area (Å²) in [5.41, 5.74) is -0.0224. The van der Waals surface area contributed by atoms with Crippen LogP contribution in [0.5, 0.6) is 0 Å². The highest BCUT2D eigenvalue weighted by Crippen LogP contribution is 2.16. The molecule has 2 heterocycles. The average molecular weight is 280 g/mol. The summed E-state index contributed by atoms with van der Waals surface area (Å²) in [5.74, 6) is -1.05. The molecule has 0 spiro atoms. The van der Waals surface area contributed by atoms with E-state index >= 15 is 0 Å². The van der Waals surface area contributed by atoms with Crippen LogP contribution in [-0.4, -0.2) is 32.6 Å². The van der Waals surface area contributed by atoms with Crippen LogP contribution in [0.25, 0.3) is 0 Å². The molecular formula is C12H16N4O2S. The van der Waals surface area contributed by atoms with Crippen LogP contribution in [0.15, 0.2) is 18.3 Å². The molecule has 0 saturated heterocycles. The molecule has 0 aromatic carbocycles. The number of nitrogens with one attached hydrogen (secondary N) is 1. The van der Waals surface area contributed by atoms with Gasteiger partial charge in [-0.05, 0) is 18.6 Å². The molecule has 0 unspecified atom stereocenters. The monoisotopic (exact) mass is 280 g/mol. The van der Waals surface area contributed by atoms with Gasteiger partial charge >= 0.3 is 5.97 Å². The van der Waals surface area contributed by atoms with Crippen LogP contribution in [0, 0.1) is 0 Å². The Morgan fingerprint density at radius 3 is 2.89 bits per heavy atom. The highest BCUT2D eigenvalue weighted by Gasteiger charge is 2.07. The molecule has 0 radical (unpaired) electrons. The van der Waals surface area contributed by atoms with E-state index in [1.165, 1.54) is 20.6 Å². The first-order valence-electron chi connectivity index (χ1n) is 6.10.